The number of rotatable bonds is 4. The molecule has 1 heterocycles. The number of ether oxygens (including phenoxy) is 1. The van der Waals surface area contributed by atoms with Gasteiger partial charge in [-0.3, -0.25) is 4.79 Å². The highest BCUT2D eigenvalue weighted by Crippen LogP contribution is 2.30. The van der Waals surface area contributed by atoms with Gasteiger partial charge in [0.05, 0.1) is 9.38 Å². The van der Waals surface area contributed by atoms with Crippen LogP contribution in [0.2, 0.25) is 0 Å². The molecule has 0 aromatic heterocycles. The van der Waals surface area contributed by atoms with Gasteiger partial charge in [0.25, 0.3) is 5.91 Å². The van der Waals surface area contributed by atoms with Gasteiger partial charge in [0.1, 0.15) is 22.5 Å². The van der Waals surface area contributed by atoms with Gasteiger partial charge in [0.2, 0.25) is 0 Å². The van der Waals surface area contributed by atoms with Gasteiger partial charge in [0, 0.05) is 0 Å². The van der Waals surface area contributed by atoms with Gasteiger partial charge < -0.3 is 10.1 Å². The third kappa shape index (κ3) is 4.23. The van der Waals surface area contributed by atoms with E-state index in [1.165, 1.54) is 23.9 Å². The minimum Gasteiger partial charge on any atom is -0.488 e. The number of benzene rings is 2. The first-order chi connectivity index (χ1) is 11.5. The summed E-state index contributed by atoms with van der Waals surface area (Å²) in [5, 5.41) is 2.58. The lowest BCUT2D eigenvalue weighted by Crippen LogP contribution is -2.17. The van der Waals surface area contributed by atoms with Crippen LogP contribution in [0.3, 0.4) is 0 Å². The first kappa shape index (κ1) is 17.1. The Labute approximate surface area is 156 Å². The summed E-state index contributed by atoms with van der Waals surface area (Å²) in [6.07, 6.45) is 1.77. The van der Waals surface area contributed by atoms with Crippen LogP contribution in [-0.2, 0) is 11.4 Å². The summed E-state index contributed by atoms with van der Waals surface area (Å²) in [6, 6.07) is 11.7. The molecule has 1 amide bonds. The zero-order valence-electron chi connectivity index (χ0n) is 12.2. The number of hydrogen-bond acceptors (Lipinski definition) is 4. The summed E-state index contributed by atoms with van der Waals surface area (Å²) >= 11 is 9.67. The van der Waals surface area contributed by atoms with E-state index in [2.05, 4.69) is 21.2 Å². The maximum absolute atomic E-state index is 12.9. The fraction of sp³-hybridized carbons (Fsp3) is 0.0588. The van der Waals surface area contributed by atoms with Crippen molar-refractivity contribution in [3.8, 4) is 5.75 Å². The lowest BCUT2D eigenvalue weighted by Gasteiger charge is -2.09. The van der Waals surface area contributed by atoms with E-state index in [4.69, 9.17) is 17.0 Å². The van der Waals surface area contributed by atoms with Gasteiger partial charge in [-0.25, -0.2) is 4.39 Å². The van der Waals surface area contributed by atoms with Gasteiger partial charge in [-0.1, -0.05) is 42.2 Å². The van der Waals surface area contributed by atoms with E-state index in [-0.39, 0.29) is 11.7 Å². The molecule has 0 atom stereocenters. The van der Waals surface area contributed by atoms with Crippen LogP contribution in [0.4, 0.5) is 4.39 Å². The van der Waals surface area contributed by atoms with Crippen molar-refractivity contribution in [3.05, 3.63) is 68.8 Å². The van der Waals surface area contributed by atoms with Crippen molar-refractivity contribution in [1.82, 2.24) is 5.32 Å². The summed E-state index contributed by atoms with van der Waals surface area (Å²) in [4.78, 5) is 12.2. The van der Waals surface area contributed by atoms with E-state index in [9.17, 15) is 9.18 Å². The van der Waals surface area contributed by atoms with Crippen LogP contribution in [0.25, 0.3) is 6.08 Å². The van der Waals surface area contributed by atoms with Crippen molar-refractivity contribution in [3.63, 3.8) is 0 Å². The Morgan fingerprint density at radius 3 is 2.62 bits per heavy atom. The predicted octanol–water partition coefficient (Wildman–Crippen LogP) is 4.66. The molecule has 7 heteroatoms. The van der Waals surface area contributed by atoms with Crippen LogP contribution in [0.15, 0.2) is 51.8 Å². The fourth-order valence-electron chi connectivity index (χ4n) is 2.04. The van der Waals surface area contributed by atoms with E-state index >= 15 is 0 Å². The number of hydrogen-bond donors (Lipinski definition) is 1. The quantitative estimate of drug-likeness (QED) is 0.573. The number of halogens is 2. The Morgan fingerprint density at radius 1 is 1.25 bits per heavy atom. The predicted molar refractivity (Wildman–Crippen MR) is 101 cm³/mol. The monoisotopic (exact) mass is 423 g/mol. The van der Waals surface area contributed by atoms with E-state index < -0.39 is 0 Å². The average Bonchev–Trinajstić information content (AvgIpc) is 2.86. The summed E-state index contributed by atoms with van der Waals surface area (Å²) in [5.74, 6) is 0.212. The largest absolute Gasteiger partial charge is 0.488 e. The van der Waals surface area contributed by atoms with Crippen LogP contribution < -0.4 is 10.1 Å². The third-order valence-electron chi connectivity index (χ3n) is 3.20. The molecule has 24 heavy (non-hydrogen) atoms. The van der Waals surface area contributed by atoms with Gasteiger partial charge >= 0.3 is 0 Å². The van der Waals surface area contributed by atoms with Crippen molar-refractivity contribution in [2.24, 2.45) is 0 Å². The zero-order valence-corrected chi connectivity index (χ0v) is 15.4. The normalized spacial score (nSPS) is 15.7. The van der Waals surface area contributed by atoms with E-state index in [1.807, 2.05) is 18.2 Å². The Bertz CT molecular complexity index is 837. The lowest BCUT2D eigenvalue weighted by molar-refractivity contribution is -0.115. The number of thioether (sulfide) groups is 1. The Morgan fingerprint density at radius 2 is 2.00 bits per heavy atom. The highest BCUT2D eigenvalue weighted by atomic mass is 79.9. The van der Waals surface area contributed by atoms with Crippen LogP contribution >= 0.6 is 39.9 Å². The molecular formula is C17H11BrFNO2S2. The molecule has 0 bridgehead atoms. The van der Waals surface area contributed by atoms with Crippen LogP contribution in [0.5, 0.6) is 5.75 Å². The molecule has 0 saturated carbocycles. The first-order valence-corrected chi connectivity index (χ1v) is 8.95. The van der Waals surface area contributed by atoms with E-state index in [0.29, 0.717) is 21.6 Å². The molecule has 1 saturated heterocycles. The molecule has 1 N–H and O–H groups in total. The molecule has 1 fully saturated rings. The SMILES string of the molecule is O=C1NC(=S)S/C1=C/c1ccc(OCc2ccc(F)cc2)c(Br)c1. The van der Waals surface area contributed by atoms with Gasteiger partial charge in [-0.05, 0) is 57.4 Å². The maximum atomic E-state index is 12.9. The number of carbonyl (C=O) groups is 1. The molecule has 0 aliphatic carbocycles. The second-order valence-electron chi connectivity index (χ2n) is 4.96. The Balaban J connectivity index is 1.70. The van der Waals surface area contributed by atoms with Crippen LogP contribution in [0, 0.1) is 5.82 Å². The highest BCUT2D eigenvalue weighted by Gasteiger charge is 2.21. The molecule has 3 nitrogen and oxygen atoms in total. The van der Waals surface area contributed by atoms with Crippen LogP contribution in [-0.4, -0.2) is 10.2 Å². The van der Waals surface area contributed by atoms with Gasteiger partial charge in [-0.2, -0.15) is 0 Å². The van der Waals surface area contributed by atoms with Crippen molar-refractivity contribution in [2.75, 3.05) is 0 Å². The molecule has 2 aromatic rings. The summed E-state index contributed by atoms with van der Waals surface area (Å²) in [5.41, 5.74) is 1.74. The van der Waals surface area contributed by atoms with E-state index in [1.54, 1.807) is 18.2 Å². The first-order valence-electron chi connectivity index (χ1n) is 6.93. The van der Waals surface area contributed by atoms with Gasteiger partial charge in [-0.15, -0.1) is 0 Å². The third-order valence-corrected chi connectivity index (χ3v) is 4.99. The average molecular weight is 424 g/mol. The molecule has 2 aromatic carbocycles. The molecule has 122 valence electrons. The van der Waals surface area contributed by atoms with Crippen molar-refractivity contribution < 1.29 is 13.9 Å². The summed E-state index contributed by atoms with van der Waals surface area (Å²) in [6.45, 7) is 0.339. The number of carbonyl (C=O) groups excluding carboxylic acids is 1. The van der Waals surface area contributed by atoms with Crippen LogP contribution in [0.1, 0.15) is 11.1 Å². The summed E-state index contributed by atoms with van der Waals surface area (Å²) < 4.78 is 19.8. The number of amides is 1. The minimum absolute atomic E-state index is 0.183. The molecular weight excluding hydrogens is 413 g/mol. The molecule has 1 aliphatic rings. The molecule has 1 aliphatic heterocycles. The molecule has 0 radical (unpaired) electrons. The zero-order chi connectivity index (χ0) is 17.1. The summed E-state index contributed by atoms with van der Waals surface area (Å²) in [7, 11) is 0. The number of nitrogens with one attached hydrogen (secondary N) is 1. The topological polar surface area (TPSA) is 38.3 Å². The molecule has 0 spiro atoms. The smallest absolute Gasteiger partial charge is 0.263 e. The standard InChI is InChI=1S/C17H11BrFNO2S2/c18-13-7-11(8-15-16(21)20-17(23)24-15)3-6-14(13)22-9-10-1-4-12(19)5-2-10/h1-8H,9H2,(H,20,21,23)/b15-8+. The molecule has 0 unspecified atom stereocenters. The second-order valence-corrected chi connectivity index (χ2v) is 7.53. The fourth-order valence-corrected chi connectivity index (χ4v) is 3.59. The Kier molecular flexibility index (Phi) is 5.33. The van der Waals surface area contributed by atoms with Crippen molar-refractivity contribution in [2.45, 2.75) is 6.61 Å². The Hall–Kier alpha value is -1.70. The van der Waals surface area contributed by atoms with Gasteiger partial charge in [0.15, 0.2) is 0 Å². The maximum Gasteiger partial charge on any atom is 0.263 e. The minimum atomic E-state index is -0.273. The lowest BCUT2D eigenvalue weighted by atomic mass is 10.2. The number of thiocarbonyl (C=S) groups is 1. The second kappa shape index (κ2) is 7.46. The molecule has 3 rings (SSSR count). The van der Waals surface area contributed by atoms with Crippen molar-refractivity contribution >= 4 is 56.2 Å². The van der Waals surface area contributed by atoms with E-state index in [0.717, 1.165) is 15.6 Å². The highest BCUT2D eigenvalue weighted by molar-refractivity contribution is 9.10. The van der Waals surface area contributed by atoms with Crippen molar-refractivity contribution in [1.29, 1.82) is 0 Å².